The molecule has 0 bridgehead atoms. The summed E-state index contributed by atoms with van der Waals surface area (Å²) < 4.78 is 5.42. The lowest BCUT2D eigenvalue weighted by Crippen LogP contribution is -2.52. The molecule has 8 heteroatoms. The van der Waals surface area contributed by atoms with E-state index in [0.717, 1.165) is 12.8 Å². The Morgan fingerprint density at radius 2 is 1.83 bits per heavy atom. The van der Waals surface area contributed by atoms with Gasteiger partial charge in [0.15, 0.2) is 0 Å². The molecular weight excluding hydrogens is 312 g/mol. The van der Waals surface area contributed by atoms with E-state index in [1.807, 2.05) is 0 Å². The Morgan fingerprint density at radius 1 is 1.12 bits per heavy atom. The lowest BCUT2D eigenvalue weighted by molar-refractivity contribution is -0.142. The van der Waals surface area contributed by atoms with E-state index in [1.165, 1.54) is 18.3 Å². The predicted molar refractivity (Wildman–Crippen MR) is 84.2 cm³/mol. The van der Waals surface area contributed by atoms with Gasteiger partial charge in [0.2, 0.25) is 5.91 Å². The van der Waals surface area contributed by atoms with E-state index in [9.17, 15) is 14.4 Å². The summed E-state index contributed by atoms with van der Waals surface area (Å²) in [6, 6.07) is 2.98. The number of piperazine rings is 1. The molecule has 128 valence electrons. The summed E-state index contributed by atoms with van der Waals surface area (Å²) in [4.78, 5) is 43.2. The van der Waals surface area contributed by atoms with Crippen LogP contribution in [0.1, 0.15) is 33.7 Å². The second-order valence-electron chi connectivity index (χ2n) is 5.92. The monoisotopic (exact) mass is 332 g/mol. The van der Waals surface area contributed by atoms with E-state index < -0.39 is 5.91 Å². The number of nitrogens with zero attached hydrogens (tertiary/aromatic N) is 3. The Labute approximate surface area is 139 Å². The molecule has 1 aromatic heterocycles. The highest BCUT2D eigenvalue weighted by atomic mass is 16.5. The molecule has 0 aromatic carbocycles. The topological polar surface area (TPSA) is 106 Å². The summed E-state index contributed by atoms with van der Waals surface area (Å²) in [5.41, 5.74) is 5.68. The fourth-order valence-electron chi connectivity index (χ4n) is 2.93. The van der Waals surface area contributed by atoms with Crippen LogP contribution in [0.25, 0.3) is 0 Å². The quantitative estimate of drug-likeness (QED) is 0.814. The molecule has 2 saturated heterocycles. The van der Waals surface area contributed by atoms with Crippen molar-refractivity contribution in [2.24, 2.45) is 5.73 Å². The second-order valence-corrected chi connectivity index (χ2v) is 5.92. The summed E-state index contributed by atoms with van der Waals surface area (Å²) in [7, 11) is 0. The molecule has 3 rings (SSSR count). The number of carbonyl (C=O) groups is 3. The number of rotatable bonds is 3. The lowest BCUT2D eigenvalue weighted by atomic mass is 10.2. The smallest absolute Gasteiger partial charge is 0.272 e. The van der Waals surface area contributed by atoms with Gasteiger partial charge in [-0.1, -0.05) is 0 Å². The van der Waals surface area contributed by atoms with Crippen molar-refractivity contribution in [3.05, 3.63) is 29.6 Å². The van der Waals surface area contributed by atoms with Gasteiger partial charge in [0, 0.05) is 39.0 Å². The number of primary amides is 1. The van der Waals surface area contributed by atoms with Crippen LogP contribution in [0.2, 0.25) is 0 Å². The van der Waals surface area contributed by atoms with Gasteiger partial charge in [0.25, 0.3) is 11.8 Å². The van der Waals surface area contributed by atoms with Gasteiger partial charge in [-0.15, -0.1) is 0 Å². The number of amides is 3. The van der Waals surface area contributed by atoms with Crippen molar-refractivity contribution >= 4 is 17.7 Å². The zero-order valence-corrected chi connectivity index (χ0v) is 13.3. The van der Waals surface area contributed by atoms with Crippen molar-refractivity contribution in [1.82, 2.24) is 14.8 Å². The first-order valence-corrected chi connectivity index (χ1v) is 8.02. The van der Waals surface area contributed by atoms with Gasteiger partial charge in [0.05, 0.1) is 5.56 Å². The van der Waals surface area contributed by atoms with Crippen molar-refractivity contribution in [2.45, 2.75) is 18.9 Å². The van der Waals surface area contributed by atoms with Gasteiger partial charge in [-0.3, -0.25) is 19.4 Å². The minimum atomic E-state index is -0.581. The van der Waals surface area contributed by atoms with Crippen LogP contribution in [-0.2, 0) is 9.53 Å². The highest BCUT2D eigenvalue weighted by molar-refractivity contribution is 5.95. The highest BCUT2D eigenvalue weighted by Gasteiger charge is 2.31. The summed E-state index contributed by atoms with van der Waals surface area (Å²) in [6.07, 6.45) is 2.66. The van der Waals surface area contributed by atoms with Crippen LogP contribution in [0, 0.1) is 0 Å². The van der Waals surface area contributed by atoms with Crippen LogP contribution < -0.4 is 5.73 Å². The highest BCUT2D eigenvalue weighted by Crippen LogP contribution is 2.16. The molecule has 1 aromatic rings. The average molecular weight is 332 g/mol. The first kappa shape index (κ1) is 16.4. The zero-order chi connectivity index (χ0) is 17.1. The number of nitrogens with two attached hydrogens (primary N) is 1. The van der Waals surface area contributed by atoms with Crippen molar-refractivity contribution in [3.8, 4) is 0 Å². The van der Waals surface area contributed by atoms with Crippen molar-refractivity contribution in [1.29, 1.82) is 0 Å². The van der Waals surface area contributed by atoms with Gasteiger partial charge in [-0.25, -0.2) is 0 Å². The van der Waals surface area contributed by atoms with Gasteiger partial charge >= 0.3 is 0 Å². The molecule has 3 heterocycles. The van der Waals surface area contributed by atoms with E-state index in [4.69, 9.17) is 10.5 Å². The molecule has 24 heavy (non-hydrogen) atoms. The minimum absolute atomic E-state index is 0.0172. The largest absolute Gasteiger partial charge is 0.368 e. The minimum Gasteiger partial charge on any atom is -0.368 e. The lowest BCUT2D eigenvalue weighted by Gasteiger charge is -2.35. The summed E-state index contributed by atoms with van der Waals surface area (Å²) in [6.45, 7) is 2.53. The number of hydrogen-bond donors (Lipinski definition) is 1. The molecule has 2 fully saturated rings. The molecule has 1 unspecified atom stereocenters. The molecule has 0 aliphatic carbocycles. The maximum Gasteiger partial charge on any atom is 0.272 e. The fraction of sp³-hybridized carbons (Fsp3) is 0.500. The number of pyridine rings is 1. The van der Waals surface area contributed by atoms with E-state index >= 15 is 0 Å². The molecule has 0 saturated carbocycles. The van der Waals surface area contributed by atoms with Crippen LogP contribution in [0.3, 0.4) is 0 Å². The molecule has 1 atom stereocenters. The Hall–Kier alpha value is -2.48. The molecular formula is C16H20N4O4. The van der Waals surface area contributed by atoms with E-state index in [0.29, 0.717) is 32.8 Å². The Balaban J connectivity index is 1.56. The van der Waals surface area contributed by atoms with Gasteiger partial charge < -0.3 is 20.3 Å². The maximum atomic E-state index is 12.4. The fourth-order valence-corrected chi connectivity index (χ4v) is 2.93. The first-order valence-electron chi connectivity index (χ1n) is 8.02. The van der Waals surface area contributed by atoms with E-state index in [2.05, 4.69) is 4.98 Å². The van der Waals surface area contributed by atoms with E-state index in [1.54, 1.807) is 9.80 Å². The van der Waals surface area contributed by atoms with Gasteiger partial charge in [0.1, 0.15) is 11.8 Å². The molecule has 0 radical (unpaired) electrons. The SMILES string of the molecule is NC(=O)c1ccc(C(=O)N2CCN(C(=O)C3CCCO3)CC2)nc1. The zero-order valence-electron chi connectivity index (χ0n) is 13.3. The van der Waals surface area contributed by atoms with Gasteiger partial charge in [-0.2, -0.15) is 0 Å². The van der Waals surface area contributed by atoms with Gasteiger partial charge in [-0.05, 0) is 25.0 Å². The third-order valence-electron chi connectivity index (χ3n) is 4.35. The molecule has 2 aliphatic heterocycles. The van der Waals surface area contributed by atoms with Crippen molar-refractivity contribution in [3.63, 3.8) is 0 Å². The standard InChI is InChI=1S/C16H20N4O4/c17-14(21)11-3-4-12(18-10-11)15(22)19-5-7-20(8-6-19)16(23)13-2-1-9-24-13/h3-4,10,13H,1-2,5-9H2,(H2,17,21). The van der Waals surface area contributed by atoms with Crippen LogP contribution in [0.5, 0.6) is 0 Å². The first-order chi connectivity index (χ1) is 11.6. The summed E-state index contributed by atoms with van der Waals surface area (Å²) in [5, 5.41) is 0. The van der Waals surface area contributed by atoms with Crippen LogP contribution in [0.15, 0.2) is 18.3 Å². The van der Waals surface area contributed by atoms with Crippen LogP contribution in [-0.4, -0.2) is 71.4 Å². The predicted octanol–water partition coefficient (Wildman–Crippen LogP) is -0.356. The molecule has 3 amide bonds. The normalized spacial score (nSPS) is 20.9. The number of aromatic nitrogens is 1. The van der Waals surface area contributed by atoms with Crippen LogP contribution >= 0.6 is 0 Å². The average Bonchev–Trinajstić information content (AvgIpc) is 3.15. The maximum absolute atomic E-state index is 12.4. The Kier molecular flexibility index (Phi) is 4.75. The number of hydrogen-bond acceptors (Lipinski definition) is 5. The molecule has 0 spiro atoms. The Morgan fingerprint density at radius 3 is 2.38 bits per heavy atom. The third-order valence-corrected chi connectivity index (χ3v) is 4.35. The number of carbonyl (C=O) groups excluding carboxylic acids is 3. The van der Waals surface area contributed by atoms with Crippen LogP contribution in [0.4, 0.5) is 0 Å². The number of ether oxygens (including phenoxy) is 1. The Bertz CT molecular complexity index is 632. The van der Waals surface area contributed by atoms with Crippen molar-refractivity contribution in [2.75, 3.05) is 32.8 Å². The second kappa shape index (κ2) is 6.96. The summed E-state index contributed by atoms with van der Waals surface area (Å²) >= 11 is 0. The molecule has 2 aliphatic rings. The molecule has 2 N–H and O–H groups in total. The van der Waals surface area contributed by atoms with Crippen molar-refractivity contribution < 1.29 is 19.1 Å². The molecule has 8 nitrogen and oxygen atoms in total. The third kappa shape index (κ3) is 3.38. The summed E-state index contributed by atoms with van der Waals surface area (Å²) in [5.74, 6) is -0.776. The van der Waals surface area contributed by atoms with E-state index in [-0.39, 0.29) is 29.2 Å².